The highest BCUT2D eigenvalue weighted by Gasteiger charge is 2.13. The summed E-state index contributed by atoms with van der Waals surface area (Å²) in [6, 6.07) is 15.7. The molecule has 0 amide bonds. The number of benzene rings is 1. The van der Waals surface area contributed by atoms with Crippen molar-refractivity contribution in [2.24, 2.45) is 0 Å². The van der Waals surface area contributed by atoms with Crippen LogP contribution in [0.5, 0.6) is 11.5 Å². The minimum absolute atomic E-state index is 0.478. The van der Waals surface area contributed by atoms with Crippen molar-refractivity contribution in [2.75, 3.05) is 25.2 Å². The molecule has 0 unspecified atom stereocenters. The number of para-hydroxylation sites is 2. The standard InChI is InChI=1S/C21H23N3O2/c1-16-8-10-22-20(14-16)24(21-15-17(2)9-11-23-21)12-13-26-19-7-5-4-6-18(19)25-3/h4-11,14-15H,12-13H2,1-3H3. The SMILES string of the molecule is COc1ccccc1OCCN(c1cc(C)ccn1)c1cc(C)ccn1. The Balaban J connectivity index is 1.80. The van der Waals surface area contributed by atoms with E-state index in [1.54, 1.807) is 7.11 Å². The number of hydrogen-bond donors (Lipinski definition) is 0. The first-order chi connectivity index (χ1) is 12.7. The van der Waals surface area contributed by atoms with Crippen LogP contribution in [0.2, 0.25) is 0 Å². The predicted octanol–water partition coefficient (Wildman–Crippen LogP) is 4.32. The fourth-order valence-electron chi connectivity index (χ4n) is 2.67. The highest BCUT2D eigenvalue weighted by atomic mass is 16.5. The molecule has 0 atom stereocenters. The van der Waals surface area contributed by atoms with Crippen molar-refractivity contribution in [1.29, 1.82) is 0 Å². The molecule has 26 heavy (non-hydrogen) atoms. The molecule has 5 nitrogen and oxygen atoms in total. The first-order valence-electron chi connectivity index (χ1n) is 8.56. The lowest BCUT2D eigenvalue weighted by Gasteiger charge is -2.23. The predicted molar refractivity (Wildman–Crippen MR) is 103 cm³/mol. The van der Waals surface area contributed by atoms with Crippen LogP contribution in [-0.4, -0.2) is 30.2 Å². The molecule has 5 heteroatoms. The number of ether oxygens (including phenoxy) is 2. The van der Waals surface area contributed by atoms with Gasteiger partial charge in [-0.2, -0.15) is 0 Å². The highest BCUT2D eigenvalue weighted by Crippen LogP contribution is 2.27. The van der Waals surface area contributed by atoms with Crippen molar-refractivity contribution in [3.63, 3.8) is 0 Å². The summed E-state index contributed by atoms with van der Waals surface area (Å²) in [6.07, 6.45) is 3.63. The zero-order valence-corrected chi connectivity index (χ0v) is 15.3. The Bertz CT molecular complexity index is 822. The molecule has 0 aliphatic heterocycles. The topological polar surface area (TPSA) is 47.5 Å². The molecule has 0 saturated carbocycles. The Morgan fingerprint density at radius 3 is 1.96 bits per heavy atom. The number of anilines is 2. The summed E-state index contributed by atoms with van der Waals surface area (Å²) in [6.45, 7) is 5.20. The zero-order valence-electron chi connectivity index (χ0n) is 15.3. The summed E-state index contributed by atoms with van der Waals surface area (Å²) in [5.41, 5.74) is 2.30. The lowest BCUT2D eigenvalue weighted by Crippen LogP contribution is -2.25. The minimum atomic E-state index is 0.478. The van der Waals surface area contributed by atoms with E-state index in [-0.39, 0.29) is 0 Å². The van der Waals surface area contributed by atoms with Crippen LogP contribution in [0, 0.1) is 13.8 Å². The van der Waals surface area contributed by atoms with Crippen LogP contribution in [0.15, 0.2) is 60.9 Å². The third kappa shape index (κ3) is 4.30. The van der Waals surface area contributed by atoms with Crippen molar-refractivity contribution in [3.05, 3.63) is 72.1 Å². The van der Waals surface area contributed by atoms with E-state index >= 15 is 0 Å². The maximum Gasteiger partial charge on any atom is 0.161 e. The van der Waals surface area contributed by atoms with E-state index in [2.05, 4.69) is 28.7 Å². The van der Waals surface area contributed by atoms with E-state index < -0.39 is 0 Å². The average Bonchev–Trinajstić information content (AvgIpc) is 2.65. The first kappa shape index (κ1) is 17.7. The van der Waals surface area contributed by atoms with Gasteiger partial charge in [0.05, 0.1) is 13.7 Å². The molecule has 2 aromatic heterocycles. The molecule has 0 aliphatic carbocycles. The second kappa shape index (κ2) is 8.34. The largest absolute Gasteiger partial charge is 0.493 e. The molecule has 3 rings (SSSR count). The second-order valence-corrected chi connectivity index (χ2v) is 6.03. The van der Waals surface area contributed by atoms with Gasteiger partial charge < -0.3 is 14.4 Å². The van der Waals surface area contributed by atoms with E-state index in [9.17, 15) is 0 Å². The van der Waals surface area contributed by atoms with Gasteiger partial charge in [-0.05, 0) is 61.4 Å². The molecular formula is C21H23N3O2. The number of aryl methyl sites for hydroxylation is 2. The van der Waals surface area contributed by atoms with Crippen molar-refractivity contribution in [2.45, 2.75) is 13.8 Å². The molecule has 1 aromatic carbocycles. The maximum absolute atomic E-state index is 5.94. The van der Waals surface area contributed by atoms with Crippen LogP contribution in [0.25, 0.3) is 0 Å². The smallest absolute Gasteiger partial charge is 0.161 e. The van der Waals surface area contributed by atoms with Crippen molar-refractivity contribution in [1.82, 2.24) is 9.97 Å². The number of pyridine rings is 2. The number of methoxy groups -OCH3 is 1. The Kier molecular flexibility index (Phi) is 5.69. The van der Waals surface area contributed by atoms with Gasteiger partial charge >= 0.3 is 0 Å². The summed E-state index contributed by atoms with van der Waals surface area (Å²) in [7, 11) is 1.64. The van der Waals surface area contributed by atoms with Gasteiger partial charge in [-0.1, -0.05) is 12.1 Å². The number of hydrogen-bond acceptors (Lipinski definition) is 5. The Hall–Kier alpha value is -3.08. The van der Waals surface area contributed by atoms with Gasteiger partial charge in [-0.25, -0.2) is 9.97 Å². The number of rotatable bonds is 7. The molecule has 3 aromatic rings. The van der Waals surface area contributed by atoms with Crippen molar-refractivity contribution < 1.29 is 9.47 Å². The fraction of sp³-hybridized carbons (Fsp3) is 0.238. The minimum Gasteiger partial charge on any atom is -0.493 e. The van der Waals surface area contributed by atoms with E-state index in [1.165, 1.54) is 0 Å². The van der Waals surface area contributed by atoms with E-state index in [0.717, 1.165) is 34.3 Å². The van der Waals surface area contributed by atoms with Gasteiger partial charge in [-0.15, -0.1) is 0 Å². The van der Waals surface area contributed by atoms with Gasteiger partial charge in [0, 0.05) is 12.4 Å². The molecule has 0 radical (unpaired) electrons. The molecule has 0 saturated heterocycles. The van der Waals surface area contributed by atoms with Crippen LogP contribution < -0.4 is 14.4 Å². The van der Waals surface area contributed by atoms with E-state index in [1.807, 2.05) is 60.9 Å². The number of aromatic nitrogens is 2. The summed E-state index contributed by atoms with van der Waals surface area (Å²) in [5.74, 6) is 3.16. The molecule has 0 N–H and O–H groups in total. The Labute approximate surface area is 154 Å². The van der Waals surface area contributed by atoms with Crippen LogP contribution in [0.1, 0.15) is 11.1 Å². The summed E-state index contributed by atoms with van der Waals surface area (Å²) in [4.78, 5) is 11.1. The van der Waals surface area contributed by atoms with Crippen LogP contribution in [0.3, 0.4) is 0 Å². The van der Waals surface area contributed by atoms with Crippen LogP contribution in [0.4, 0.5) is 11.6 Å². The van der Waals surface area contributed by atoms with Gasteiger partial charge in [0.25, 0.3) is 0 Å². The quantitative estimate of drug-likeness (QED) is 0.636. The van der Waals surface area contributed by atoms with Gasteiger partial charge in [-0.3, -0.25) is 0 Å². The summed E-state index contributed by atoms with van der Waals surface area (Å²) < 4.78 is 11.3. The zero-order chi connectivity index (χ0) is 18.4. The average molecular weight is 349 g/mol. The van der Waals surface area contributed by atoms with E-state index in [0.29, 0.717) is 13.2 Å². The van der Waals surface area contributed by atoms with Gasteiger partial charge in [0.2, 0.25) is 0 Å². The van der Waals surface area contributed by atoms with Crippen LogP contribution in [-0.2, 0) is 0 Å². The van der Waals surface area contributed by atoms with Crippen molar-refractivity contribution >= 4 is 11.6 Å². The third-order valence-electron chi connectivity index (χ3n) is 4.00. The Morgan fingerprint density at radius 1 is 0.846 bits per heavy atom. The lowest BCUT2D eigenvalue weighted by atomic mass is 10.2. The highest BCUT2D eigenvalue weighted by molar-refractivity contribution is 5.57. The molecule has 2 heterocycles. The Morgan fingerprint density at radius 2 is 1.42 bits per heavy atom. The molecular weight excluding hydrogens is 326 g/mol. The monoisotopic (exact) mass is 349 g/mol. The van der Waals surface area contributed by atoms with Crippen LogP contribution >= 0.6 is 0 Å². The van der Waals surface area contributed by atoms with Gasteiger partial charge in [0.15, 0.2) is 11.5 Å². The van der Waals surface area contributed by atoms with Gasteiger partial charge in [0.1, 0.15) is 18.2 Å². The number of nitrogens with zero attached hydrogens (tertiary/aromatic N) is 3. The maximum atomic E-state index is 5.94. The third-order valence-corrected chi connectivity index (χ3v) is 4.00. The molecule has 0 aliphatic rings. The summed E-state index contributed by atoms with van der Waals surface area (Å²) >= 11 is 0. The summed E-state index contributed by atoms with van der Waals surface area (Å²) in [5, 5.41) is 0. The molecule has 134 valence electrons. The van der Waals surface area contributed by atoms with Crippen molar-refractivity contribution in [3.8, 4) is 11.5 Å². The molecule has 0 spiro atoms. The molecule has 0 bridgehead atoms. The first-order valence-corrected chi connectivity index (χ1v) is 8.56. The lowest BCUT2D eigenvalue weighted by molar-refractivity contribution is 0.302. The van der Waals surface area contributed by atoms with E-state index in [4.69, 9.17) is 9.47 Å². The molecule has 0 fully saturated rings. The fourth-order valence-corrected chi connectivity index (χ4v) is 2.67. The normalized spacial score (nSPS) is 10.4. The second-order valence-electron chi connectivity index (χ2n) is 6.03.